The minimum Gasteiger partial charge on any atom is -0.387 e. The Morgan fingerprint density at radius 2 is 2.53 bits per heavy atom. The summed E-state index contributed by atoms with van der Waals surface area (Å²) in [4.78, 5) is 11.7. The van der Waals surface area contributed by atoms with Crippen LogP contribution in [0.5, 0.6) is 0 Å². The van der Waals surface area contributed by atoms with Gasteiger partial charge < -0.3 is 10.4 Å². The predicted octanol–water partition coefficient (Wildman–Crippen LogP) is 0.945. The number of thiophene rings is 1. The molecule has 0 spiro atoms. The van der Waals surface area contributed by atoms with E-state index < -0.39 is 6.10 Å². The average Bonchev–Trinajstić information content (AvgIpc) is 2.95. The lowest BCUT2D eigenvalue weighted by molar-refractivity contribution is 0.0916. The van der Waals surface area contributed by atoms with Gasteiger partial charge in [-0.05, 0) is 22.4 Å². The van der Waals surface area contributed by atoms with E-state index in [9.17, 15) is 9.90 Å². The average molecular weight is 251 g/mol. The van der Waals surface area contributed by atoms with Gasteiger partial charge in [0.15, 0.2) is 0 Å². The predicted molar refractivity (Wildman–Crippen MR) is 64.8 cm³/mol. The van der Waals surface area contributed by atoms with Crippen LogP contribution in [0.2, 0.25) is 0 Å². The molecule has 0 radical (unpaired) electrons. The second-order valence-electron chi connectivity index (χ2n) is 3.69. The maximum atomic E-state index is 11.7. The van der Waals surface area contributed by atoms with Crippen molar-refractivity contribution >= 4 is 17.2 Å². The van der Waals surface area contributed by atoms with Crippen LogP contribution < -0.4 is 5.32 Å². The summed E-state index contributed by atoms with van der Waals surface area (Å²) in [5, 5.41) is 20.1. The minimum atomic E-state index is -0.665. The van der Waals surface area contributed by atoms with E-state index in [2.05, 4.69) is 10.4 Å². The van der Waals surface area contributed by atoms with Gasteiger partial charge in [0.2, 0.25) is 0 Å². The topological polar surface area (TPSA) is 67.2 Å². The van der Waals surface area contributed by atoms with E-state index in [1.807, 2.05) is 16.8 Å². The van der Waals surface area contributed by atoms with Crippen LogP contribution in [0.15, 0.2) is 29.2 Å². The van der Waals surface area contributed by atoms with E-state index >= 15 is 0 Å². The highest BCUT2D eigenvalue weighted by molar-refractivity contribution is 7.07. The zero-order valence-corrected chi connectivity index (χ0v) is 10.1. The van der Waals surface area contributed by atoms with E-state index in [1.165, 1.54) is 17.5 Å². The molecule has 90 valence electrons. The lowest BCUT2D eigenvalue weighted by Gasteiger charge is -2.09. The molecule has 0 aromatic carbocycles. The SMILES string of the molecule is Cn1cc(C(=O)NCC(O)c2ccsc2)cn1. The Hall–Kier alpha value is -1.66. The van der Waals surface area contributed by atoms with Crippen LogP contribution in [0.25, 0.3) is 0 Å². The summed E-state index contributed by atoms with van der Waals surface area (Å²) < 4.78 is 1.56. The fourth-order valence-corrected chi connectivity index (χ4v) is 2.12. The van der Waals surface area contributed by atoms with Gasteiger partial charge in [0.25, 0.3) is 5.91 Å². The summed E-state index contributed by atoms with van der Waals surface area (Å²) in [5.74, 6) is -0.229. The van der Waals surface area contributed by atoms with Gasteiger partial charge in [0.1, 0.15) is 0 Å². The van der Waals surface area contributed by atoms with Crippen molar-refractivity contribution in [2.24, 2.45) is 7.05 Å². The lowest BCUT2D eigenvalue weighted by atomic mass is 10.2. The number of aromatic nitrogens is 2. The van der Waals surface area contributed by atoms with Crippen molar-refractivity contribution in [3.8, 4) is 0 Å². The molecule has 2 heterocycles. The number of hydrogen-bond acceptors (Lipinski definition) is 4. The van der Waals surface area contributed by atoms with Crippen LogP contribution in [0, 0.1) is 0 Å². The highest BCUT2D eigenvalue weighted by atomic mass is 32.1. The second-order valence-corrected chi connectivity index (χ2v) is 4.47. The van der Waals surface area contributed by atoms with Gasteiger partial charge in [0, 0.05) is 19.8 Å². The van der Waals surface area contributed by atoms with Crippen LogP contribution >= 0.6 is 11.3 Å². The molecule has 17 heavy (non-hydrogen) atoms. The molecule has 2 aromatic heterocycles. The van der Waals surface area contributed by atoms with E-state index in [0.29, 0.717) is 5.56 Å². The highest BCUT2D eigenvalue weighted by Gasteiger charge is 2.11. The first-order valence-corrected chi connectivity index (χ1v) is 6.08. The quantitative estimate of drug-likeness (QED) is 0.850. The highest BCUT2D eigenvalue weighted by Crippen LogP contribution is 2.15. The van der Waals surface area contributed by atoms with Crippen LogP contribution in [0.1, 0.15) is 22.0 Å². The number of aliphatic hydroxyl groups is 1. The molecule has 2 rings (SSSR count). The van der Waals surface area contributed by atoms with Crippen LogP contribution in [-0.4, -0.2) is 27.3 Å². The Kier molecular flexibility index (Phi) is 3.55. The first-order valence-electron chi connectivity index (χ1n) is 5.14. The van der Waals surface area contributed by atoms with Gasteiger partial charge in [-0.3, -0.25) is 9.48 Å². The molecule has 5 nitrogen and oxygen atoms in total. The zero-order chi connectivity index (χ0) is 12.3. The minimum absolute atomic E-state index is 0.199. The molecule has 0 aliphatic heterocycles. The van der Waals surface area contributed by atoms with Gasteiger partial charge in [0.05, 0.1) is 17.9 Å². The Labute approximate surface area is 103 Å². The Morgan fingerprint density at radius 3 is 3.12 bits per heavy atom. The van der Waals surface area contributed by atoms with Gasteiger partial charge in [-0.15, -0.1) is 0 Å². The van der Waals surface area contributed by atoms with Gasteiger partial charge in [-0.1, -0.05) is 0 Å². The van der Waals surface area contributed by atoms with Gasteiger partial charge in [-0.2, -0.15) is 16.4 Å². The molecule has 0 aliphatic rings. The van der Waals surface area contributed by atoms with E-state index in [4.69, 9.17) is 0 Å². The maximum absolute atomic E-state index is 11.7. The molecular weight excluding hydrogens is 238 g/mol. The monoisotopic (exact) mass is 251 g/mol. The Balaban J connectivity index is 1.88. The summed E-state index contributed by atoms with van der Waals surface area (Å²) in [6.07, 6.45) is 2.46. The zero-order valence-electron chi connectivity index (χ0n) is 9.33. The molecule has 2 N–H and O–H groups in total. The van der Waals surface area contributed by atoms with E-state index in [1.54, 1.807) is 17.9 Å². The first-order chi connectivity index (χ1) is 8.16. The molecule has 0 saturated carbocycles. The van der Waals surface area contributed by atoms with Crippen LogP contribution in [0.3, 0.4) is 0 Å². The molecule has 0 saturated heterocycles. The van der Waals surface area contributed by atoms with Crippen molar-refractivity contribution in [2.75, 3.05) is 6.54 Å². The normalized spacial score (nSPS) is 12.4. The molecule has 1 amide bonds. The summed E-state index contributed by atoms with van der Waals surface area (Å²) >= 11 is 1.52. The van der Waals surface area contributed by atoms with E-state index in [0.717, 1.165) is 5.56 Å². The third-order valence-corrected chi connectivity index (χ3v) is 3.05. The van der Waals surface area contributed by atoms with Crippen molar-refractivity contribution in [3.63, 3.8) is 0 Å². The number of nitrogens with zero attached hydrogens (tertiary/aromatic N) is 2. The third-order valence-electron chi connectivity index (χ3n) is 2.35. The first kappa shape index (κ1) is 11.8. The van der Waals surface area contributed by atoms with Crippen molar-refractivity contribution in [3.05, 3.63) is 40.3 Å². The summed E-state index contributed by atoms with van der Waals surface area (Å²) in [6.45, 7) is 0.199. The lowest BCUT2D eigenvalue weighted by Crippen LogP contribution is -2.27. The summed E-state index contributed by atoms with van der Waals surface area (Å²) in [6, 6.07) is 1.84. The fraction of sp³-hybridized carbons (Fsp3) is 0.273. The Bertz CT molecular complexity index is 493. The van der Waals surface area contributed by atoms with Crippen LogP contribution in [-0.2, 0) is 7.05 Å². The molecular formula is C11H13N3O2S. The molecule has 0 aliphatic carbocycles. The van der Waals surface area contributed by atoms with Gasteiger partial charge >= 0.3 is 0 Å². The standard InChI is InChI=1S/C11H13N3O2S/c1-14-6-9(4-13-14)11(16)12-5-10(15)8-2-3-17-7-8/h2-4,6-7,10,15H,5H2,1H3,(H,12,16). The molecule has 1 unspecified atom stereocenters. The fourth-order valence-electron chi connectivity index (χ4n) is 1.41. The Morgan fingerprint density at radius 1 is 1.71 bits per heavy atom. The van der Waals surface area contributed by atoms with Crippen molar-refractivity contribution in [2.45, 2.75) is 6.10 Å². The number of hydrogen-bond donors (Lipinski definition) is 2. The number of nitrogens with one attached hydrogen (secondary N) is 1. The second kappa shape index (κ2) is 5.11. The molecule has 1 atom stereocenters. The number of carbonyl (C=O) groups is 1. The number of carbonyl (C=O) groups excluding carboxylic acids is 1. The van der Waals surface area contributed by atoms with Gasteiger partial charge in [-0.25, -0.2) is 0 Å². The number of amides is 1. The number of rotatable bonds is 4. The van der Waals surface area contributed by atoms with E-state index in [-0.39, 0.29) is 12.5 Å². The molecule has 0 fully saturated rings. The largest absolute Gasteiger partial charge is 0.387 e. The molecule has 6 heteroatoms. The smallest absolute Gasteiger partial charge is 0.254 e. The number of aryl methyl sites for hydroxylation is 1. The third kappa shape index (κ3) is 2.92. The van der Waals surface area contributed by atoms with Crippen molar-refractivity contribution < 1.29 is 9.90 Å². The molecule has 0 bridgehead atoms. The van der Waals surface area contributed by atoms with Crippen LogP contribution in [0.4, 0.5) is 0 Å². The maximum Gasteiger partial charge on any atom is 0.254 e. The van der Waals surface area contributed by atoms with Crippen molar-refractivity contribution in [1.29, 1.82) is 0 Å². The number of aliphatic hydroxyl groups excluding tert-OH is 1. The molecule has 2 aromatic rings. The summed E-state index contributed by atoms with van der Waals surface area (Å²) in [5.41, 5.74) is 1.31. The van der Waals surface area contributed by atoms with Crippen molar-refractivity contribution in [1.82, 2.24) is 15.1 Å². The summed E-state index contributed by atoms with van der Waals surface area (Å²) in [7, 11) is 1.75.